The van der Waals surface area contributed by atoms with Crippen molar-refractivity contribution in [2.45, 2.75) is 34.1 Å². The molecular formula is C11H16O2. The smallest absolute Gasteiger partial charge is 0.159 e. The summed E-state index contributed by atoms with van der Waals surface area (Å²) in [5.74, 6) is 0.373. The third-order valence-electron chi connectivity index (χ3n) is 3.36. The van der Waals surface area contributed by atoms with Crippen LogP contribution in [0.2, 0.25) is 0 Å². The summed E-state index contributed by atoms with van der Waals surface area (Å²) in [7, 11) is 0. The van der Waals surface area contributed by atoms with E-state index in [-0.39, 0.29) is 17.1 Å². The summed E-state index contributed by atoms with van der Waals surface area (Å²) in [6.07, 6.45) is 1.40. The molecule has 1 aliphatic rings. The zero-order chi connectivity index (χ0) is 10.2. The molecule has 0 saturated heterocycles. The van der Waals surface area contributed by atoms with Gasteiger partial charge in [-0.15, -0.1) is 0 Å². The van der Waals surface area contributed by atoms with Gasteiger partial charge in [-0.25, -0.2) is 0 Å². The fourth-order valence-corrected chi connectivity index (χ4v) is 1.83. The van der Waals surface area contributed by atoms with Gasteiger partial charge in [-0.1, -0.05) is 20.8 Å². The molecule has 0 bridgehead atoms. The lowest BCUT2D eigenvalue weighted by atomic mass is 9.66. The molecule has 0 N–H and O–H groups in total. The minimum atomic E-state index is -0.153. The highest BCUT2D eigenvalue weighted by Gasteiger charge is 2.37. The number of ketones is 1. The van der Waals surface area contributed by atoms with E-state index in [0.29, 0.717) is 17.6 Å². The van der Waals surface area contributed by atoms with Crippen LogP contribution in [0.3, 0.4) is 0 Å². The van der Waals surface area contributed by atoms with Crippen molar-refractivity contribution in [2.24, 2.45) is 11.3 Å². The summed E-state index contributed by atoms with van der Waals surface area (Å²) < 4.78 is 0. The molecule has 2 nitrogen and oxygen atoms in total. The standard InChI is InChI=1S/C11H16O2/c1-7-5-10(13)8(2)9(6-12)11(7,3)4/h6-7H,5H2,1-4H3. The maximum Gasteiger partial charge on any atom is 0.159 e. The summed E-state index contributed by atoms with van der Waals surface area (Å²) in [6, 6.07) is 0. The molecule has 0 aromatic carbocycles. The van der Waals surface area contributed by atoms with Crippen LogP contribution in [0.5, 0.6) is 0 Å². The van der Waals surface area contributed by atoms with Gasteiger partial charge < -0.3 is 0 Å². The monoisotopic (exact) mass is 180 g/mol. The lowest BCUT2D eigenvalue weighted by molar-refractivity contribution is -0.119. The average Bonchev–Trinajstić information content (AvgIpc) is 2.02. The van der Waals surface area contributed by atoms with Gasteiger partial charge in [0.25, 0.3) is 0 Å². The minimum Gasteiger partial charge on any atom is -0.298 e. The number of allylic oxidation sites excluding steroid dienone is 2. The Morgan fingerprint density at radius 2 is 2.00 bits per heavy atom. The zero-order valence-corrected chi connectivity index (χ0v) is 8.68. The Morgan fingerprint density at radius 3 is 2.46 bits per heavy atom. The Balaban J connectivity index is 3.26. The zero-order valence-electron chi connectivity index (χ0n) is 8.68. The van der Waals surface area contributed by atoms with Gasteiger partial charge in [-0.05, 0) is 23.8 Å². The lowest BCUT2D eigenvalue weighted by Crippen LogP contribution is -2.33. The predicted octanol–water partition coefficient (Wildman–Crippen LogP) is 2.14. The number of carbonyl (C=O) groups excluding carboxylic acids is 2. The van der Waals surface area contributed by atoms with Crippen LogP contribution in [0, 0.1) is 11.3 Å². The first kappa shape index (κ1) is 10.2. The largest absolute Gasteiger partial charge is 0.298 e. The highest BCUT2D eigenvalue weighted by atomic mass is 16.1. The fraction of sp³-hybridized carbons (Fsp3) is 0.636. The van der Waals surface area contributed by atoms with E-state index in [1.165, 1.54) is 0 Å². The van der Waals surface area contributed by atoms with E-state index in [2.05, 4.69) is 0 Å². The number of rotatable bonds is 1. The first-order valence-electron chi connectivity index (χ1n) is 4.61. The van der Waals surface area contributed by atoms with Gasteiger partial charge in [0.2, 0.25) is 0 Å². The molecule has 2 heteroatoms. The SMILES string of the molecule is CC1=C(C=O)C(C)(C)C(C)CC1=O. The van der Waals surface area contributed by atoms with Crippen LogP contribution in [-0.2, 0) is 9.59 Å². The molecule has 1 aliphatic carbocycles. The normalized spacial score (nSPS) is 27.7. The molecule has 0 aromatic heterocycles. The second-order valence-electron chi connectivity index (χ2n) is 4.41. The molecule has 1 rings (SSSR count). The number of carbonyl (C=O) groups is 2. The first-order valence-corrected chi connectivity index (χ1v) is 4.61. The summed E-state index contributed by atoms with van der Waals surface area (Å²) in [6.45, 7) is 7.82. The van der Waals surface area contributed by atoms with Crippen molar-refractivity contribution < 1.29 is 9.59 Å². The van der Waals surface area contributed by atoms with Crippen LogP contribution in [0.15, 0.2) is 11.1 Å². The Hall–Kier alpha value is -0.920. The molecule has 1 atom stereocenters. The van der Waals surface area contributed by atoms with Crippen LogP contribution in [-0.4, -0.2) is 12.1 Å². The average molecular weight is 180 g/mol. The minimum absolute atomic E-state index is 0.119. The fourth-order valence-electron chi connectivity index (χ4n) is 1.83. The van der Waals surface area contributed by atoms with Crippen LogP contribution < -0.4 is 0 Å². The van der Waals surface area contributed by atoms with E-state index in [0.717, 1.165) is 6.29 Å². The van der Waals surface area contributed by atoms with E-state index in [9.17, 15) is 9.59 Å². The molecule has 0 fully saturated rings. The van der Waals surface area contributed by atoms with Crippen LogP contribution in [0.4, 0.5) is 0 Å². The van der Waals surface area contributed by atoms with E-state index >= 15 is 0 Å². The number of hydrogen-bond acceptors (Lipinski definition) is 2. The van der Waals surface area contributed by atoms with E-state index in [1.807, 2.05) is 20.8 Å². The summed E-state index contributed by atoms with van der Waals surface area (Å²) >= 11 is 0. The summed E-state index contributed by atoms with van der Waals surface area (Å²) in [4.78, 5) is 22.3. The molecule has 0 amide bonds. The Morgan fingerprint density at radius 1 is 1.46 bits per heavy atom. The quantitative estimate of drug-likeness (QED) is 0.579. The third kappa shape index (κ3) is 1.45. The van der Waals surface area contributed by atoms with Crippen LogP contribution in [0.25, 0.3) is 0 Å². The Bertz CT molecular complexity index is 284. The van der Waals surface area contributed by atoms with Crippen molar-refractivity contribution in [3.8, 4) is 0 Å². The van der Waals surface area contributed by atoms with Crippen molar-refractivity contribution in [2.75, 3.05) is 0 Å². The molecule has 1 unspecified atom stereocenters. The van der Waals surface area contributed by atoms with Gasteiger partial charge in [0.05, 0.1) is 0 Å². The van der Waals surface area contributed by atoms with Crippen molar-refractivity contribution in [1.29, 1.82) is 0 Å². The lowest BCUT2D eigenvalue weighted by Gasteiger charge is -2.36. The first-order chi connectivity index (χ1) is 5.91. The maximum atomic E-state index is 11.4. The molecule has 0 saturated carbocycles. The highest BCUT2D eigenvalue weighted by molar-refractivity contribution is 6.02. The van der Waals surface area contributed by atoms with Crippen molar-refractivity contribution in [3.05, 3.63) is 11.1 Å². The van der Waals surface area contributed by atoms with Crippen molar-refractivity contribution in [3.63, 3.8) is 0 Å². The van der Waals surface area contributed by atoms with Gasteiger partial charge in [0.1, 0.15) is 6.29 Å². The molecule has 72 valence electrons. The van der Waals surface area contributed by atoms with Crippen LogP contribution in [0.1, 0.15) is 34.1 Å². The Labute approximate surface area is 79.0 Å². The van der Waals surface area contributed by atoms with Gasteiger partial charge >= 0.3 is 0 Å². The van der Waals surface area contributed by atoms with E-state index < -0.39 is 0 Å². The van der Waals surface area contributed by atoms with Crippen molar-refractivity contribution >= 4 is 12.1 Å². The maximum absolute atomic E-state index is 11.4. The van der Waals surface area contributed by atoms with Gasteiger partial charge in [0, 0.05) is 12.0 Å². The molecular weight excluding hydrogens is 164 g/mol. The van der Waals surface area contributed by atoms with Gasteiger partial charge in [-0.2, -0.15) is 0 Å². The van der Waals surface area contributed by atoms with Gasteiger partial charge in [-0.3, -0.25) is 9.59 Å². The van der Waals surface area contributed by atoms with E-state index in [1.54, 1.807) is 6.92 Å². The second-order valence-corrected chi connectivity index (χ2v) is 4.41. The summed E-state index contributed by atoms with van der Waals surface area (Å²) in [5.41, 5.74) is 1.18. The van der Waals surface area contributed by atoms with Crippen molar-refractivity contribution in [1.82, 2.24) is 0 Å². The molecule has 0 spiro atoms. The molecule has 0 radical (unpaired) electrons. The second kappa shape index (κ2) is 3.09. The number of hydrogen-bond donors (Lipinski definition) is 0. The number of aldehydes is 1. The molecule has 13 heavy (non-hydrogen) atoms. The highest BCUT2D eigenvalue weighted by Crippen LogP contribution is 2.41. The molecule has 0 heterocycles. The Kier molecular flexibility index (Phi) is 2.42. The summed E-state index contributed by atoms with van der Waals surface area (Å²) in [5, 5.41) is 0. The number of Topliss-reactive ketones (excluding diaryl/α,β-unsaturated/α-hetero) is 1. The topological polar surface area (TPSA) is 34.1 Å². The van der Waals surface area contributed by atoms with Gasteiger partial charge in [0.15, 0.2) is 5.78 Å². The predicted molar refractivity (Wildman–Crippen MR) is 51.3 cm³/mol. The third-order valence-corrected chi connectivity index (χ3v) is 3.36. The van der Waals surface area contributed by atoms with E-state index in [4.69, 9.17) is 0 Å². The van der Waals surface area contributed by atoms with Crippen LogP contribution >= 0.6 is 0 Å². The molecule has 0 aliphatic heterocycles. The molecule has 0 aromatic rings.